The van der Waals surface area contributed by atoms with Gasteiger partial charge in [0.1, 0.15) is 4.88 Å². The fraction of sp³-hybridized carbons (Fsp3) is 0.500. The Kier molecular flexibility index (Phi) is 3.86. The minimum absolute atomic E-state index is 0.120. The highest BCUT2D eigenvalue weighted by molar-refractivity contribution is 7.08. The summed E-state index contributed by atoms with van der Waals surface area (Å²) >= 11 is 1.19. The normalized spacial score (nSPS) is 11.1. The fourth-order valence-electron chi connectivity index (χ4n) is 1.77. The number of carbonyl (C=O) groups is 1. The summed E-state index contributed by atoms with van der Waals surface area (Å²) in [5.41, 5.74) is 1.88. The molecule has 0 unspecified atom stereocenters. The van der Waals surface area contributed by atoms with E-state index in [9.17, 15) is 4.79 Å². The van der Waals surface area contributed by atoms with Crippen molar-refractivity contribution < 1.29 is 4.79 Å². The van der Waals surface area contributed by atoms with Crippen LogP contribution in [0, 0.1) is 0 Å². The van der Waals surface area contributed by atoms with Crippen LogP contribution < -0.4 is 0 Å². The van der Waals surface area contributed by atoms with Crippen LogP contribution >= 0.6 is 11.5 Å². The van der Waals surface area contributed by atoms with Crippen molar-refractivity contribution >= 4 is 17.3 Å². The first-order chi connectivity index (χ1) is 8.59. The molecule has 0 N–H and O–H groups in total. The smallest absolute Gasteiger partial charge is 0.176 e. The summed E-state index contributed by atoms with van der Waals surface area (Å²) in [7, 11) is 1.88. The lowest BCUT2D eigenvalue weighted by Crippen LogP contribution is -2.06. The van der Waals surface area contributed by atoms with Crippen LogP contribution in [-0.4, -0.2) is 25.2 Å². The van der Waals surface area contributed by atoms with Gasteiger partial charge in [0.05, 0.1) is 5.69 Å². The molecule has 0 spiro atoms. The topological polar surface area (TPSA) is 60.7 Å². The monoisotopic (exact) mass is 264 g/mol. The van der Waals surface area contributed by atoms with E-state index in [-0.39, 0.29) is 11.7 Å². The van der Waals surface area contributed by atoms with Gasteiger partial charge in [-0.2, -0.15) is 5.10 Å². The second-order valence-corrected chi connectivity index (χ2v) is 5.27. The van der Waals surface area contributed by atoms with E-state index in [0.717, 1.165) is 11.4 Å². The van der Waals surface area contributed by atoms with Gasteiger partial charge in [0.15, 0.2) is 5.78 Å². The number of nitrogens with zero attached hydrogens (tertiary/aromatic N) is 4. The summed E-state index contributed by atoms with van der Waals surface area (Å²) in [6, 6.07) is 1.93. The van der Waals surface area contributed by atoms with Gasteiger partial charge in [0.2, 0.25) is 0 Å². The molecule has 2 heterocycles. The molecule has 18 heavy (non-hydrogen) atoms. The SMILES string of the molecule is CC(C)c1nnsc1C(=O)CCc1ccnn1C. The summed E-state index contributed by atoms with van der Waals surface area (Å²) in [6.45, 7) is 4.04. The van der Waals surface area contributed by atoms with Crippen LogP contribution in [0.3, 0.4) is 0 Å². The summed E-state index contributed by atoms with van der Waals surface area (Å²) < 4.78 is 5.67. The van der Waals surface area contributed by atoms with E-state index in [1.165, 1.54) is 11.5 Å². The van der Waals surface area contributed by atoms with Crippen molar-refractivity contribution in [3.63, 3.8) is 0 Å². The third-order valence-electron chi connectivity index (χ3n) is 2.84. The molecule has 0 saturated heterocycles. The third kappa shape index (κ3) is 2.64. The predicted octanol–water partition coefficient (Wildman–Crippen LogP) is 2.21. The molecule has 96 valence electrons. The molecular weight excluding hydrogens is 248 g/mol. The highest BCUT2D eigenvalue weighted by Gasteiger charge is 2.18. The highest BCUT2D eigenvalue weighted by Crippen LogP contribution is 2.21. The van der Waals surface area contributed by atoms with Gasteiger partial charge in [-0.15, -0.1) is 5.10 Å². The zero-order valence-electron chi connectivity index (χ0n) is 10.8. The Labute approximate surface area is 110 Å². The Bertz CT molecular complexity index is 544. The number of aromatic nitrogens is 4. The molecule has 0 saturated carbocycles. The van der Waals surface area contributed by atoms with Crippen LogP contribution in [0.5, 0.6) is 0 Å². The van der Waals surface area contributed by atoms with Crippen LogP contribution in [0.4, 0.5) is 0 Å². The first-order valence-electron chi connectivity index (χ1n) is 5.92. The summed E-state index contributed by atoms with van der Waals surface area (Å²) in [4.78, 5) is 12.8. The van der Waals surface area contributed by atoms with Crippen molar-refractivity contribution in [1.29, 1.82) is 0 Å². The summed E-state index contributed by atoms with van der Waals surface area (Å²) in [5.74, 6) is 0.356. The predicted molar refractivity (Wildman–Crippen MR) is 69.9 cm³/mol. The van der Waals surface area contributed by atoms with Gasteiger partial charge in [-0.05, 0) is 29.9 Å². The van der Waals surface area contributed by atoms with E-state index in [0.29, 0.717) is 17.7 Å². The van der Waals surface area contributed by atoms with Crippen molar-refractivity contribution in [2.75, 3.05) is 0 Å². The Balaban J connectivity index is 2.04. The van der Waals surface area contributed by atoms with E-state index < -0.39 is 0 Å². The maximum atomic E-state index is 12.1. The molecule has 2 aromatic rings. The zero-order chi connectivity index (χ0) is 13.1. The molecule has 2 aromatic heterocycles. The molecule has 0 fully saturated rings. The van der Waals surface area contributed by atoms with E-state index in [4.69, 9.17) is 0 Å². The Morgan fingerprint density at radius 1 is 1.50 bits per heavy atom. The molecule has 0 amide bonds. The molecular formula is C12H16N4OS. The molecule has 0 radical (unpaired) electrons. The van der Waals surface area contributed by atoms with Crippen LogP contribution in [0.15, 0.2) is 12.3 Å². The van der Waals surface area contributed by atoms with E-state index in [1.807, 2.05) is 27.0 Å². The van der Waals surface area contributed by atoms with Crippen molar-refractivity contribution in [1.82, 2.24) is 19.4 Å². The number of hydrogen-bond donors (Lipinski definition) is 0. The van der Waals surface area contributed by atoms with Gasteiger partial charge in [0, 0.05) is 25.4 Å². The molecule has 0 bridgehead atoms. The van der Waals surface area contributed by atoms with Crippen molar-refractivity contribution in [3.8, 4) is 0 Å². The van der Waals surface area contributed by atoms with Crippen molar-refractivity contribution in [2.24, 2.45) is 7.05 Å². The van der Waals surface area contributed by atoms with Gasteiger partial charge in [0.25, 0.3) is 0 Å². The molecule has 0 aliphatic heterocycles. The lowest BCUT2D eigenvalue weighted by Gasteiger charge is -2.03. The number of ketones is 1. The van der Waals surface area contributed by atoms with Gasteiger partial charge in [-0.1, -0.05) is 18.3 Å². The average Bonchev–Trinajstić information content (AvgIpc) is 2.94. The second-order valence-electron chi connectivity index (χ2n) is 4.51. The third-order valence-corrected chi connectivity index (χ3v) is 3.63. The maximum absolute atomic E-state index is 12.1. The van der Waals surface area contributed by atoms with Gasteiger partial charge < -0.3 is 0 Å². The summed E-state index contributed by atoms with van der Waals surface area (Å²) in [6.07, 6.45) is 2.92. The lowest BCUT2D eigenvalue weighted by atomic mass is 10.1. The zero-order valence-corrected chi connectivity index (χ0v) is 11.6. The van der Waals surface area contributed by atoms with E-state index >= 15 is 0 Å². The molecule has 5 nitrogen and oxygen atoms in total. The van der Waals surface area contributed by atoms with E-state index in [1.54, 1.807) is 10.9 Å². The van der Waals surface area contributed by atoms with Gasteiger partial charge >= 0.3 is 0 Å². The molecule has 0 aromatic carbocycles. The van der Waals surface area contributed by atoms with E-state index in [2.05, 4.69) is 14.7 Å². The van der Waals surface area contributed by atoms with Crippen molar-refractivity contribution in [3.05, 3.63) is 28.5 Å². The minimum atomic E-state index is 0.120. The Hall–Kier alpha value is -1.56. The average molecular weight is 264 g/mol. The van der Waals surface area contributed by atoms with Gasteiger partial charge in [-0.3, -0.25) is 9.48 Å². The number of rotatable bonds is 5. The first kappa shape index (κ1) is 12.9. The van der Waals surface area contributed by atoms with Crippen LogP contribution in [0.2, 0.25) is 0 Å². The van der Waals surface area contributed by atoms with Crippen molar-refractivity contribution in [2.45, 2.75) is 32.6 Å². The van der Waals surface area contributed by atoms with Crippen LogP contribution in [0.1, 0.15) is 47.2 Å². The fourth-order valence-corrected chi connectivity index (χ4v) is 2.55. The standard InChI is InChI=1S/C12H16N4OS/c1-8(2)11-12(18-15-14-11)10(17)5-4-9-6-7-13-16(9)3/h6-8H,4-5H2,1-3H3. The molecule has 0 atom stereocenters. The lowest BCUT2D eigenvalue weighted by molar-refractivity contribution is 0.0984. The Morgan fingerprint density at radius 2 is 2.28 bits per heavy atom. The number of Topliss-reactive ketones (excluding diaryl/α,β-unsaturated/α-hetero) is 1. The second kappa shape index (κ2) is 5.39. The van der Waals surface area contributed by atoms with Crippen LogP contribution in [-0.2, 0) is 13.5 Å². The molecule has 6 heteroatoms. The quantitative estimate of drug-likeness (QED) is 0.777. The van der Waals surface area contributed by atoms with Gasteiger partial charge in [-0.25, -0.2) is 0 Å². The molecule has 0 aliphatic rings. The first-order valence-corrected chi connectivity index (χ1v) is 6.69. The number of aryl methyl sites for hydroxylation is 2. The molecule has 2 rings (SSSR count). The minimum Gasteiger partial charge on any atom is -0.293 e. The maximum Gasteiger partial charge on any atom is 0.176 e. The number of carbonyl (C=O) groups excluding carboxylic acids is 1. The highest BCUT2D eigenvalue weighted by atomic mass is 32.1. The summed E-state index contributed by atoms with van der Waals surface area (Å²) in [5, 5.41) is 8.12. The Morgan fingerprint density at radius 3 is 2.89 bits per heavy atom. The van der Waals surface area contributed by atoms with Crippen LogP contribution in [0.25, 0.3) is 0 Å². The molecule has 0 aliphatic carbocycles. The largest absolute Gasteiger partial charge is 0.293 e. The number of hydrogen-bond acceptors (Lipinski definition) is 5.